The number of hydrogen-bond acceptors (Lipinski definition) is 3. The van der Waals surface area contributed by atoms with E-state index in [0.717, 1.165) is 43.8 Å². The highest BCUT2D eigenvalue weighted by Crippen LogP contribution is 2.48. The molecule has 53 heavy (non-hydrogen) atoms. The van der Waals surface area contributed by atoms with E-state index < -0.39 is 0 Å². The molecule has 13 rings (SSSR count). The topological polar surface area (TPSA) is 35.1 Å². The van der Waals surface area contributed by atoms with Crippen LogP contribution in [0.4, 0.5) is 0 Å². The average molecular weight is 691 g/mol. The lowest BCUT2D eigenvalue weighted by Gasteiger charge is -2.11. The van der Waals surface area contributed by atoms with Crippen molar-refractivity contribution in [2.75, 3.05) is 0 Å². The smallest absolute Gasteiger partial charge is 0.162 e. The van der Waals surface area contributed by atoms with Gasteiger partial charge in [-0.2, -0.15) is 0 Å². The third-order valence-corrected chi connectivity index (χ3v) is 12.6. The number of fused-ring (bicyclic) bond motifs is 16. The van der Waals surface area contributed by atoms with Gasteiger partial charge in [-0.15, -0.1) is 11.3 Å². The fourth-order valence-electron chi connectivity index (χ4n) is 9.18. The Morgan fingerprint density at radius 2 is 1.11 bits per heavy atom. The number of hydrogen-bond donors (Lipinski definition) is 0. The number of thiophene rings is 1. The van der Waals surface area contributed by atoms with Crippen LogP contribution >= 0.6 is 11.3 Å². The highest BCUT2D eigenvalue weighted by molar-refractivity contribution is 7.26. The van der Waals surface area contributed by atoms with Crippen molar-refractivity contribution in [2.45, 2.75) is 0 Å². The van der Waals surface area contributed by atoms with Crippen molar-refractivity contribution in [1.29, 1.82) is 0 Å². The molecule has 4 nitrogen and oxygen atoms in total. The maximum absolute atomic E-state index is 5.56. The van der Waals surface area contributed by atoms with Crippen LogP contribution in [0.3, 0.4) is 0 Å². The minimum Gasteiger partial charge on any atom is -0.307 e. The Morgan fingerprint density at radius 3 is 1.98 bits per heavy atom. The van der Waals surface area contributed by atoms with Crippen molar-refractivity contribution in [3.05, 3.63) is 158 Å². The van der Waals surface area contributed by atoms with E-state index in [1.165, 1.54) is 75.1 Å². The van der Waals surface area contributed by atoms with Crippen LogP contribution in [-0.4, -0.2) is 18.9 Å². The summed E-state index contributed by atoms with van der Waals surface area (Å²) in [5.41, 5.74) is 8.06. The number of benzene rings is 8. The Labute approximate surface area is 305 Å². The van der Waals surface area contributed by atoms with E-state index in [0.29, 0.717) is 0 Å². The summed E-state index contributed by atoms with van der Waals surface area (Å²) in [5, 5.41) is 13.6. The largest absolute Gasteiger partial charge is 0.307 e. The molecule has 244 valence electrons. The van der Waals surface area contributed by atoms with Gasteiger partial charge in [0.15, 0.2) is 11.6 Å². The van der Waals surface area contributed by atoms with Crippen molar-refractivity contribution < 1.29 is 0 Å². The quantitative estimate of drug-likeness (QED) is 0.181. The third-order valence-electron chi connectivity index (χ3n) is 11.4. The zero-order valence-corrected chi connectivity index (χ0v) is 29.0. The maximum atomic E-state index is 5.56. The molecule has 5 heteroatoms. The van der Waals surface area contributed by atoms with Crippen LogP contribution in [0.1, 0.15) is 0 Å². The van der Waals surface area contributed by atoms with Crippen LogP contribution in [0.5, 0.6) is 0 Å². The molecule has 0 unspecified atom stereocenters. The minimum atomic E-state index is 0.728. The lowest BCUT2D eigenvalue weighted by Crippen LogP contribution is -2.01. The normalized spacial score (nSPS) is 12.5. The van der Waals surface area contributed by atoms with Gasteiger partial charge in [0.1, 0.15) is 0 Å². The minimum absolute atomic E-state index is 0.728. The molecule has 8 aromatic carbocycles. The molecule has 0 aliphatic heterocycles. The lowest BCUT2D eigenvalue weighted by molar-refractivity contribution is 1.08. The Hall–Kier alpha value is -6.82. The van der Waals surface area contributed by atoms with Gasteiger partial charge in [-0.3, -0.25) is 4.57 Å². The molecule has 0 N–H and O–H groups in total. The second kappa shape index (κ2) is 9.94. The molecule has 0 radical (unpaired) electrons. The van der Waals surface area contributed by atoms with E-state index in [1.807, 2.05) is 0 Å². The van der Waals surface area contributed by atoms with E-state index in [1.54, 1.807) is 11.3 Å². The molecule has 0 bridgehead atoms. The highest BCUT2D eigenvalue weighted by Gasteiger charge is 2.26. The van der Waals surface area contributed by atoms with Gasteiger partial charge in [-0.25, -0.2) is 9.97 Å². The van der Waals surface area contributed by atoms with Gasteiger partial charge in [0, 0.05) is 53.4 Å². The summed E-state index contributed by atoms with van der Waals surface area (Å²) in [4.78, 5) is 10.9. The standard InChI is InChI=1S/C48H26N4S/c1-2-13-29-25-30(22-21-27(29)11-1)47-49-43-35-17-7-10-20-40(35)53-46(43)48(50-47)51-37-18-8-5-15-33(37)41-39(51)26-36-32-24-23-28-12-3-4-14-31(28)44(32)52-38-19-9-6-16-34(38)42(41)45(36)52/h1-26H. The van der Waals surface area contributed by atoms with Crippen LogP contribution < -0.4 is 0 Å². The Morgan fingerprint density at radius 1 is 0.434 bits per heavy atom. The lowest BCUT2D eigenvalue weighted by atomic mass is 10.0. The maximum Gasteiger partial charge on any atom is 0.162 e. The predicted molar refractivity (Wildman–Crippen MR) is 224 cm³/mol. The second-order valence-corrected chi connectivity index (χ2v) is 15.2. The molecule has 0 spiro atoms. The Bertz CT molecular complexity index is 3700. The molecule has 0 saturated carbocycles. The van der Waals surface area contributed by atoms with Crippen molar-refractivity contribution >= 4 is 113 Å². The predicted octanol–water partition coefficient (Wildman–Crippen LogP) is 13.1. The van der Waals surface area contributed by atoms with E-state index >= 15 is 0 Å². The first-order valence-electron chi connectivity index (χ1n) is 18.0. The fraction of sp³-hybridized carbons (Fsp3) is 0. The zero-order chi connectivity index (χ0) is 34.4. The van der Waals surface area contributed by atoms with Gasteiger partial charge in [0.05, 0.1) is 37.8 Å². The molecule has 5 heterocycles. The number of rotatable bonds is 2. The van der Waals surface area contributed by atoms with Gasteiger partial charge in [-0.05, 0) is 46.5 Å². The van der Waals surface area contributed by atoms with Gasteiger partial charge < -0.3 is 4.40 Å². The molecule has 0 amide bonds. The molecule has 0 fully saturated rings. The summed E-state index contributed by atoms with van der Waals surface area (Å²) in [6.45, 7) is 0. The van der Waals surface area contributed by atoms with Crippen molar-refractivity contribution in [3.8, 4) is 17.2 Å². The van der Waals surface area contributed by atoms with Gasteiger partial charge >= 0.3 is 0 Å². The van der Waals surface area contributed by atoms with Crippen LogP contribution in [0.25, 0.3) is 119 Å². The van der Waals surface area contributed by atoms with Gasteiger partial charge in [-0.1, -0.05) is 127 Å². The van der Waals surface area contributed by atoms with Crippen LogP contribution in [0.15, 0.2) is 158 Å². The fourth-order valence-corrected chi connectivity index (χ4v) is 10.3. The summed E-state index contributed by atoms with van der Waals surface area (Å²) in [7, 11) is 0. The first kappa shape index (κ1) is 27.8. The molecule has 5 aromatic heterocycles. The van der Waals surface area contributed by atoms with Crippen LogP contribution in [0, 0.1) is 0 Å². The van der Waals surface area contributed by atoms with Crippen molar-refractivity contribution in [1.82, 2.24) is 18.9 Å². The molecular weight excluding hydrogens is 665 g/mol. The second-order valence-electron chi connectivity index (χ2n) is 14.1. The Kier molecular flexibility index (Phi) is 5.22. The van der Waals surface area contributed by atoms with E-state index in [2.05, 4.69) is 167 Å². The molecular formula is C48H26N4S. The van der Waals surface area contributed by atoms with Crippen LogP contribution in [-0.2, 0) is 0 Å². The summed E-state index contributed by atoms with van der Waals surface area (Å²) in [5.74, 6) is 1.64. The first-order valence-corrected chi connectivity index (χ1v) is 18.8. The first-order chi connectivity index (χ1) is 26.3. The van der Waals surface area contributed by atoms with E-state index in [9.17, 15) is 0 Å². The summed E-state index contributed by atoms with van der Waals surface area (Å²) < 4.78 is 7.24. The van der Waals surface area contributed by atoms with E-state index in [4.69, 9.17) is 9.97 Å². The van der Waals surface area contributed by atoms with Crippen molar-refractivity contribution in [3.63, 3.8) is 0 Å². The summed E-state index contributed by atoms with van der Waals surface area (Å²) in [6, 6.07) is 57.3. The molecule has 0 atom stereocenters. The molecule has 0 saturated heterocycles. The third kappa shape index (κ3) is 3.54. The van der Waals surface area contributed by atoms with Crippen LogP contribution in [0.2, 0.25) is 0 Å². The monoisotopic (exact) mass is 690 g/mol. The SMILES string of the molecule is c1ccc2cc(-c3nc(-n4c5ccccc5c5c6c7ccccc7n7c8c9ccccc9ccc8c(cc54)c67)c4sc5ccccc5c4n3)ccc2c1. The number of para-hydroxylation sites is 2. The summed E-state index contributed by atoms with van der Waals surface area (Å²) in [6.07, 6.45) is 0. The Balaban J connectivity index is 1.25. The van der Waals surface area contributed by atoms with Gasteiger partial charge in [0.2, 0.25) is 0 Å². The molecule has 0 aliphatic rings. The molecule has 13 aromatic rings. The zero-order valence-electron chi connectivity index (χ0n) is 28.2. The number of nitrogens with zero attached hydrogens (tertiary/aromatic N) is 4. The molecule has 0 aliphatic carbocycles. The number of aromatic nitrogens is 4. The average Bonchev–Trinajstić information content (AvgIpc) is 3.95. The van der Waals surface area contributed by atoms with E-state index in [-0.39, 0.29) is 0 Å². The highest BCUT2D eigenvalue weighted by atomic mass is 32.1. The van der Waals surface area contributed by atoms with Crippen molar-refractivity contribution in [2.24, 2.45) is 0 Å². The summed E-state index contributed by atoms with van der Waals surface area (Å²) >= 11 is 1.78. The van der Waals surface area contributed by atoms with Gasteiger partial charge in [0.25, 0.3) is 0 Å².